The van der Waals surface area contributed by atoms with Gasteiger partial charge in [-0.25, -0.2) is 9.37 Å². The molecule has 1 aromatic heterocycles. The fourth-order valence-corrected chi connectivity index (χ4v) is 1.93. The van der Waals surface area contributed by atoms with Gasteiger partial charge in [-0.15, -0.1) is 0 Å². The first-order valence-corrected chi connectivity index (χ1v) is 7.15. The highest BCUT2D eigenvalue weighted by Crippen LogP contribution is 2.21. The number of hydrogen-bond acceptors (Lipinski definition) is 3. The third-order valence-electron chi connectivity index (χ3n) is 3.07. The van der Waals surface area contributed by atoms with E-state index >= 15 is 0 Å². The summed E-state index contributed by atoms with van der Waals surface area (Å²) in [6, 6.07) is 9.75. The Bertz CT molecular complexity index is 582. The molecule has 2 aromatic rings. The van der Waals surface area contributed by atoms with Crippen LogP contribution in [0.1, 0.15) is 25.1 Å². The Kier molecular flexibility index (Phi) is 5.28. The molecule has 0 unspecified atom stereocenters. The lowest BCUT2D eigenvalue weighted by Gasteiger charge is -2.11. The van der Waals surface area contributed by atoms with Gasteiger partial charge in [-0.05, 0) is 49.2 Å². The number of halogens is 1. The van der Waals surface area contributed by atoms with E-state index in [0.29, 0.717) is 17.5 Å². The van der Waals surface area contributed by atoms with Crippen molar-refractivity contribution in [3.05, 3.63) is 53.5 Å². The minimum atomic E-state index is -0.280. The molecule has 1 heterocycles. The second-order valence-corrected chi connectivity index (χ2v) is 5.47. The zero-order valence-electron chi connectivity index (χ0n) is 12.7. The number of hydrogen-bond donors (Lipinski definition) is 1. The minimum Gasteiger partial charge on any atom is -0.439 e. The average Bonchev–Trinajstić information content (AvgIpc) is 2.43. The lowest BCUT2D eigenvalue weighted by atomic mass is 10.2. The number of nitrogens with zero attached hydrogens (tertiary/aromatic N) is 1. The summed E-state index contributed by atoms with van der Waals surface area (Å²) < 4.78 is 18.5. The van der Waals surface area contributed by atoms with Crippen molar-refractivity contribution < 1.29 is 9.13 Å². The van der Waals surface area contributed by atoms with Crippen molar-refractivity contribution in [3.63, 3.8) is 0 Å². The molecule has 0 aliphatic carbocycles. The van der Waals surface area contributed by atoms with Crippen molar-refractivity contribution in [1.29, 1.82) is 0 Å². The number of pyridine rings is 1. The Hall–Kier alpha value is -1.94. The van der Waals surface area contributed by atoms with E-state index in [1.54, 1.807) is 12.1 Å². The topological polar surface area (TPSA) is 34.1 Å². The number of rotatable bonds is 6. The van der Waals surface area contributed by atoms with Crippen LogP contribution in [0.25, 0.3) is 0 Å². The summed E-state index contributed by atoms with van der Waals surface area (Å²) >= 11 is 0. The van der Waals surface area contributed by atoms with Gasteiger partial charge < -0.3 is 10.1 Å². The van der Waals surface area contributed by atoms with Gasteiger partial charge in [0.2, 0.25) is 5.88 Å². The quantitative estimate of drug-likeness (QED) is 0.870. The van der Waals surface area contributed by atoms with Crippen molar-refractivity contribution in [2.24, 2.45) is 5.92 Å². The van der Waals surface area contributed by atoms with Gasteiger partial charge in [0.1, 0.15) is 11.6 Å². The van der Waals surface area contributed by atoms with E-state index in [1.165, 1.54) is 12.1 Å². The van der Waals surface area contributed by atoms with Gasteiger partial charge in [-0.1, -0.05) is 19.9 Å². The zero-order valence-corrected chi connectivity index (χ0v) is 12.7. The maximum absolute atomic E-state index is 12.8. The molecule has 0 fully saturated rings. The third-order valence-corrected chi connectivity index (χ3v) is 3.07. The standard InChI is InChI=1S/C17H21FN2O/c1-12(2)10-19-11-14-4-9-17(20-13(14)3)21-16-7-5-15(18)6-8-16/h4-9,12,19H,10-11H2,1-3H3. The first-order valence-electron chi connectivity index (χ1n) is 7.15. The Labute approximate surface area is 125 Å². The summed E-state index contributed by atoms with van der Waals surface area (Å²) in [6.45, 7) is 8.10. The molecule has 0 spiro atoms. The minimum absolute atomic E-state index is 0.280. The molecule has 0 aliphatic heterocycles. The predicted octanol–water partition coefficient (Wildman–Crippen LogP) is 4.07. The molecule has 0 amide bonds. The van der Waals surface area contributed by atoms with E-state index in [2.05, 4.69) is 24.1 Å². The number of aryl methyl sites for hydroxylation is 1. The Morgan fingerprint density at radius 2 is 1.86 bits per heavy atom. The number of ether oxygens (including phenoxy) is 1. The van der Waals surface area contributed by atoms with E-state index in [-0.39, 0.29) is 5.82 Å². The lowest BCUT2D eigenvalue weighted by molar-refractivity contribution is 0.459. The maximum Gasteiger partial charge on any atom is 0.219 e. The van der Waals surface area contributed by atoms with Crippen LogP contribution in [-0.2, 0) is 6.54 Å². The summed E-state index contributed by atoms with van der Waals surface area (Å²) in [5.41, 5.74) is 2.09. The highest BCUT2D eigenvalue weighted by Gasteiger charge is 2.04. The van der Waals surface area contributed by atoms with Crippen LogP contribution >= 0.6 is 0 Å². The van der Waals surface area contributed by atoms with Crippen molar-refractivity contribution in [2.45, 2.75) is 27.3 Å². The Morgan fingerprint density at radius 3 is 2.48 bits per heavy atom. The molecule has 1 aromatic carbocycles. The van der Waals surface area contributed by atoms with Gasteiger partial charge in [-0.3, -0.25) is 0 Å². The second kappa shape index (κ2) is 7.18. The monoisotopic (exact) mass is 288 g/mol. The summed E-state index contributed by atoms with van der Waals surface area (Å²) in [7, 11) is 0. The molecule has 21 heavy (non-hydrogen) atoms. The predicted molar refractivity (Wildman–Crippen MR) is 82.0 cm³/mol. The Balaban J connectivity index is 1.99. The van der Waals surface area contributed by atoms with E-state index in [1.807, 2.05) is 19.1 Å². The molecule has 0 radical (unpaired) electrons. The van der Waals surface area contributed by atoms with Gasteiger partial charge in [0.05, 0.1) is 0 Å². The van der Waals surface area contributed by atoms with Crippen LogP contribution < -0.4 is 10.1 Å². The number of benzene rings is 1. The summed E-state index contributed by atoms with van der Waals surface area (Å²) in [6.07, 6.45) is 0. The Morgan fingerprint density at radius 1 is 1.14 bits per heavy atom. The van der Waals surface area contributed by atoms with Gasteiger partial charge >= 0.3 is 0 Å². The van der Waals surface area contributed by atoms with E-state index in [0.717, 1.165) is 24.3 Å². The molecular formula is C17H21FN2O. The maximum atomic E-state index is 12.8. The molecule has 0 atom stereocenters. The molecular weight excluding hydrogens is 267 g/mol. The van der Waals surface area contributed by atoms with Crippen molar-refractivity contribution in [2.75, 3.05) is 6.54 Å². The van der Waals surface area contributed by atoms with Crippen molar-refractivity contribution in [3.8, 4) is 11.6 Å². The first kappa shape index (κ1) is 15.4. The SMILES string of the molecule is Cc1nc(Oc2ccc(F)cc2)ccc1CNCC(C)C. The van der Waals surface area contributed by atoms with Crippen LogP contribution in [0.3, 0.4) is 0 Å². The first-order chi connectivity index (χ1) is 10.0. The van der Waals surface area contributed by atoms with Crippen LogP contribution in [-0.4, -0.2) is 11.5 Å². The highest BCUT2D eigenvalue weighted by atomic mass is 19.1. The third kappa shape index (κ3) is 4.83. The molecule has 112 valence electrons. The van der Waals surface area contributed by atoms with Crippen LogP contribution in [0.15, 0.2) is 36.4 Å². The zero-order chi connectivity index (χ0) is 15.2. The lowest BCUT2D eigenvalue weighted by Crippen LogP contribution is -2.19. The molecule has 0 saturated carbocycles. The second-order valence-electron chi connectivity index (χ2n) is 5.47. The van der Waals surface area contributed by atoms with Crippen molar-refractivity contribution >= 4 is 0 Å². The van der Waals surface area contributed by atoms with Gasteiger partial charge in [0, 0.05) is 18.3 Å². The van der Waals surface area contributed by atoms with Gasteiger partial charge in [0.25, 0.3) is 0 Å². The average molecular weight is 288 g/mol. The van der Waals surface area contributed by atoms with Gasteiger partial charge in [-0.2, -0.15) is 0 Å². The smallest absolute Gasteiger partial charge is 0.219 e. The largest absolute Gasteiger partial charge is 0.439 e. The molecule has 2 rings (SSSR count). The molecule has 0 saturated heterocycles. The number of aromatic nitrogens is 1. The highest BCUT2D eigenvalue weighted by molar-refractivity contribution is 5.30. The van der Waals surface area contributed by atoms with Crippen LogP contribution in [0.2, 0.25) is 0 Å². The molecule has 4 heteroatoms. The summed E-state index contributed by atoms with van der Waals surface area (Å²) in [4.78, 5) is 4.43. The molecule has 1 N–H and O–H groups in total. The number of nitrogens with one attached hydrogen (secondary N) is 1. The fraction of sp³-hybridized carbons (Fsp3) is 0.353. The fourth-order valence-electron chi connectivity index (χ4n) is 1.93. The van der Waals surface area contributed by atoms with Crippen molar-refractivity contribution in [1.82, 2.24) is 10.3 Å². The van der Waals surface area contributed by atoms with E-state index in [4.69, 9.17) is 4.74 Å². The summed E-state index contributed by atoms with van der Waals surface area (Å²) in [5, 5.41) is 3.39. The molecule has 0 bridgehead atoms. The van der Waals surface area contributed by atoms with Gasteiger partial charge in [0.15, 0.2) is 0 Å². The van der Waals surface area contributed by atoms with Crippen LogP contribution in [0.4, 0.5) is 4.39 Å². The molecule has 3 nitrogen and oxygen atoms in total. The normalized spacial score (nSPS) is 10.9. The molecule has 0 aliphatic rings. The van der Waals surface area contributed by atoms with Crippen LogP contribution in [0, 0.1) is 18.7 Å². The van der Waals surface area contributed by atoms with E-state index in [9.17, 15) is 4.39 Å². The summed E-state index contributed by atoms with van der Waals surface area (Å²) in [5.74, 6) is 1.44. The van der Waals surface area contributed by atoms with Crippen LogP contribution in [0.5, 0.6) is 11.6 Å². The van der Waals surface area contributed by atoms with E-state index < -0.39 is 0 Å².